The van der Waals surface area contributed by atoms with Gasteiger partial charge in [0.15, 0.2) is 0 Å². The molecule has 0 bridgehead atoms. The maximum absolute atomic E-state index is 5.83. The summed E-state index contributed by atoms with van der Waals surface area (Å²) in [6, 6.07) is 10.4. The molecule has 0 aliphatic rings. The Morgan fingerprint density at radius 2 is 2.05 bits per heavy atom. The van der Waals surface area contributed by atoms with E-state index >= 15 is 0 Å². The summed E-state index contributed by atoms with van der Waals surface area (Å²) in [7, 11) is 0. The van der Waals surface area contributed by atoms with Gasteiger partial charge < -0.3 is 5.73 Å². The van der Waals surface area contributed by atoms with Gasteiger partial charge in [-0.2, -0.15) is 0 Å². The van der Waals surface area contributed by atoms with Crippen LogP contribution in [0.4, 0.5) is 0 Å². The highest BCUT2D eigenvalue weighted by molar-refractivity contribution is 9.10. The molecule has 19 heavy (non-hydrogen) atoms. The summed E-state index contributed by atoms with van der Waals surface area (Å²) >= 11 is 8.75. The highest BCUT2D eigenvalue weighted by atomic mass is 79.9. The topological polar surface area (TPSA) is 38.9 Å². The molecular formula is C14H14Br2N2S. The summed E-state index contributed by atoms with van der Waals surface area (Å²) in [6.07, 6.45) is 2.67. The van der Waals surface area contributed by atoms with Gasteiger partial charge in [-0.1, -0.05) is 33.8 Å². The van der Waals surface area contributed by atoms with Gasteiger partial charge in [0.25, 0.3) is 0 Å². The summed E-state index contributed by atoms with van der Waals surface area (Å²) in [5.74, 6) is 0. The Bertz CT molecular complexity index is 573. The van der Waals surface area contributed by atoms with Crippen molar-refractivity contribution in [1.82, 2.24) is 4.98 Å². The predicted molar refractivity (Wildman–Crippen MR) is 87.6 cm³/mol. The van der Waals surface area contributed by atoms with Crippen LogP contribution in [0.3, 0.4) is 0 Å². The minimum atomic E-state index is 0.166. The van der Waals surface area contributed by atoms with E-state index in [2.05, 4.69) is 55.0 Å². The van der Waals surface area contributed by atoms with Gasteiger partial charge in [-0.25, -0.2) is 4.98 Å². The van der Waals surface area contributed by atoms with E-state index in [1.165, 1.54) is 5.56 Å². The van der Waals surface area contributed by atoms with Crippen molar-refractivity contribution in [2.24, 2.45) is 5.73 Å². The fourth-order valence-electron chi connectivity index (χ4n) is 1.66. The Labute approximate surface area is 134 Å². The van der Waals surface area contributed by atoms with Crippen LogP contribution >= 0.6 is 43.6 Å². The molecule has 2 nitrogen and oxygen atoms in total. The van der Waals surface area contributed by atoms with E-state index in [0.717, 1.165) is 25.3 Å². The molecular weight excluding hydrogens is 388 g/mol. The van der Waals surface area contributed by atoms with Gasteiger partial charge in [0, 0.05) is 21.6 Å². The second-order valence-corrected chi connectivity index (χ2v) is 7.10. The van der Waals surface area contributed by atoms with Crippen LogP contribution in [0.15, 0.2) is 55.4 Å². The van der Waals surface area contributed by atoms with E-state index in [9.17, 15) is 0 Å². The summed E-state index contributed by atoms with van der Waals surface area (Å²) < 4.78 is 2.11. The smallest absolute Gasteiger partial charge is 0.115 e. The standard InChI is InChI=1S/C14H14Br2N2S/c1-9(17)7-10-4-5-11(8-13(10)16)19-14-12(15)3-2-6-18-14/h2-6,8-9H,7,17H2,1H3. The Morgan fingerprint density at radius 1 is 1.26 bits per heavy atom. The Morgan fingerprint density at radius 3 is 2.68 bits per heavy atom. The van der Waals surface area contributed by atoms with Crippen molar-refractivity contribution >= 4 is 43.6 Å². The molecule has 0 amide bonds. The molecule has 1 atom stereocenters. The number of nitrogens with zero attached hydrogens (tertiary/aromatic N) is 1. The lowest BCUT2D eigenvalue weighted by molar-refractivity contribution is 0.735. The van der Waals surface area contributed by atoms with Crippen LogP contribution in [0.5, 0.6) is 0 Å². The van der Waals surface area contributed by atoms with E-state index in [0.29, 0.717) is 0 Å². The number of benzene rings is 1. The summed E-state index contributed by atoms with van der Waals surface area (Å²) in [6.45, 7) is 2.01. The molecule has 5 heteroatoms. The highest BCUT2D eigenvalue weighted by Crippen LogP contribution is 2.33. The van der Waals surface area contributed by atoms with Crippen LogP contribution in [0.2, 0.25) is 0 Å². The fraction of sp³-hybridized carbons (Fsp3) is 0.214. The van der Waals surface area contributed by atoms with Gasteiger partial charge in [-0.15, -0.1) is 0 Å². The minimum Gasteiger partial charge on any atom is -0.328 e. The van der Waals surface area contributed by atoms with E-state index in [4.69, 9.17) is 5.73 Å². The first-order chi connectivity index (χ1) is 9.06. The fourth-order valence-corrected chi connectivity index (χ4v) is 3.67. The number of hydrogen-bond acceptors (Lipinski definition) is 3. The number of halogens is 2. The van der Waals surface area contributed by atoms with E-state index in [1.807, 2.05) is 19.1 Å². The van der Waals surface area contributed by atoms with Gasteiger partial charge in [-0.05, 0) is 59.1 Å². The Hall–Kier alpha value is -0.360. The summed E-state index contributed by atoms with van der Waals surface area (Å²) in [4.78, 5) is 5.51. The highest BCUT2D eigenvalue weighted by Gasteiger charge is 2.07. The van der Waals surface area contributed by atoms with Crippen LogP contribution in [0.1, 0.15) is 12.5 Å². The molecule has 2 rings (SSSR count). The lowest BCUT2D eigenvalue weighted by atomic mass is 10.1. The van der Waals surface area contributed by atoms with Gasteiger partial charge in [0.05, 0.1) is 4.47 Å². The molecule has 0 fully saturated rings. The predicted octanol–water partition coefficient (Wildman–Crippen LogP) is 4.65. The average Bonchev–Trinajstić information content (AvgIpc) is 2.35. The molecule has 0 saturated carbocycles. The third-order valence-corrected chi connectivity index (χ3v) is 5.15. The second kappa shape index (κ2) is 6.88. The second-order valence-electron chi connectivity index (χ2n) is 4.33. The van der Waals surface area contributed by atoms with Crippen LogP contribution in [-0.2, 0) is 6.42 Å². The van der Waals surface area contributed by atoms with Crippen LogP contribution in [0, 0.1) is 0 Å². The SMILES string of the molecule is CC(N)Cc1ccc(Sc2ncccc2Br)cc1Br. The maximum Gasteiger partial charge on any atom is 0.115 e. The molecule has 0 saturated heterocycles. The van der Waals surface area contributed by atoms with Crippen molar-refractivity contribution in [2.45, 2.75) is 29.3 Å². The number of hydrogen-bond donors (Lipinski definition) is 1. The number of rotatable bonds is 4. The first-order valence-corrected chi connectivity index (χ1v) is 8.29. The monoisotopic (exact) mass is 400 g/mol. The number of nitrogens with two attached hydrogens (primary N) is 1. The zero-order valence-electron chi connectivity index (χ0n) is 10.4. The van der Waals surface area contributed by atoms with E-state index < -0.39 is 0 Å². The van der Waals surface area contributed by atoms with Crippen molar-refractivity contribution in [3.63, 3.8) is 0 Å². The van der Waals surface area contributed by atoms with Crippen LogP contribution < -0.4 is 5.73 Å². The minimum absolute atomic E-state index is 0.166. The quantitative estimate of drug-likeness (QED) is 0.810. The van der Waals surface area contributed by atoms with Crippen molar-refractivity contribution in [1.29, 1.82) is 0 Å². The number of aromatic nitrogens is 1. The van der Waals surface area contributed by atoms with Crippen molar-refractivity contribution in [2.75, 3.05) is 0 Å². The van der Waals surface area contributed by atoms with E-state index in [1.54, 1.807) is 18.0 Å². The zero-order valence-corrected chi connectivity index (χ0v) is 14.4. The lowest BCUT2D eigenvalue weighted by Gasteiger charge is -2.09. The molecule has 0 aliphatic carbocycles. The first-order valence-electron chi connectivity index (χ1n) is 5.88. The average molecular weight is 402 g/mol. The maximum atomic E-state index is 5.83. The Kier molecular flexibility index (Phi) is 5.45. The van der Waals surface area contributed by atoms with Gasteiger partial charge in [0.2, 0.25) is 0 Å². The lowest BCUT2D eigenvalue weighted by Crippen LogP contribution is -2.17. The van der Waals surface area contributed by atoms with Crippen molar-refractivity contribution < 1.29 is 0 Å². The van der Waals surface area contributed by atoms with Crippen molar-refractivity contribution in [3.8, 4) is 0 Å². The van der Waals surface area contributed by atoms with Crippen molar-refractivity contribution in [3.05, 3.63) is 51.0 Å². The zero-order chi connectivity index (χ0) is 13.8. The van der Waals surface area contributed by atoms with E-state index in [-0.39, 0.29) is 6.04 Å². The molecule has 1 heterocycles. The van der Waals surface area contributed by atoms with Gasteiger partial charge in [0.1, 0.15) is 5.03 Å². The molecule has 1 unspecified atom stereocenters. The molecule has 0 aliphatic heterocycles. The normalized spacial score (nSPS) is 12.4. The third-order valence-electron chi connectivity index (χ3n) is 2.51. The van der Waals surface area contributed by atoms with Gasteiger partial charge in [-0.3, -0.25) is 0 Å². The molecule has 1 aromatic heterocycles. The summed E-state index contributed by atoms with van der Waals surface area (Å²) in [5, 5.41) is 0.967. The first kappa shape index (κ1) is 15.0. The van der Waals surface area contributed by atoms with Crippen LogP contribution in [0.25, 0.3) is 0 Å². The molecule has 100 valence electrons. The molecule has 0 radical (unpaired) electrons. The van der Waals surface area contributed by atoms with Crippen LogP contribution in [-0.4, -0.2) is 11.0 Å². The van der Waals surface area contributed by atoms with Gasteiger partial charge >= 0.3 is 0 Å². The number of pyridine rings is 1. The molecule has 1 aromatic carbocycles. The molecule has 0 spiro atoms. The molecule has 2 N–H and O–H groups in total. The largest absolute Gasteiger partial charge is 0.328 e. The Balaban J connectivity index is 2.19. The molecule has 2 aromatic rings. The summed E-state index contributed by atoms with van der Waals surface area (Å²) in [5.41, 5.74) is 7.07. The third kappa shape index (κ3) is 4.31.